The molecule has 0 aliphatic carbocycles. The van der Waals surface area contributed by atoms with E-state index in [0.717, 1.165) is 5.56 Å². The first-order valence-electron chi connectivity index (χ1n) is 7.81. The monoisotopic (exact) mass is 337 g/mol. The number of benzene rings is 1. The summed E-state index contributed by atoms with van der Waals surface area (Å²) in [4.78, 5) is 34.4. The van der Waals surface area contributed by atoms with Crippen LogP contribution < -0.4 is 5.73 Å². The summed E-state index contributed by atoms with van der Waals surface area (Å²) < 4.78 is 9.82. The predicted octanol–water partition coefficient (Wildman–Crippen LogP) is 1.49. The second kappa shape index (κ2) is 10.4. The van der Waals surface area contributed by atoms with Crippen molar-refractivity contribution in [2.24, 2.45) is 11.7 Å². The van der Waals surface area contributed by atoms with Gasteiger partial charge in [0, 0.05) is 0 Å². The molecule has 3 N–H and O–H groups in total. The Kier molecular flexibility index (Phi) is 8.49. The minimum atomic E-state index is -1.24. The van der Waals surface area contributed by atoms with Gasteiger partial charge in [-0.05, 0) is 31.7 Å². The third-order valence-electron chi connectivity index (χ3n) is 3.40. The van der Waals surface area contributed by atoms with Gasteiger partial charge >= 0.3 is 17.9 Å². The van der Waals surface area contributed by atoms with Crippen molar-refractivity contribution < 1.29 is 29.0 Å². The van der Waals surface area contributed by atoms with Gasteiger partial charge in [0.15, 0.2) is 5.92 Å². The molecule has 0 saturated heterocycles. The lowest BCUT2D eigenvalue weighted by atomic mass is 10.00. The molecule has 132 valence electrons. The van der Waals surface area contributed by atoms with Gasteiger partial charge in [-0.3, -0.25) is 14.4 Å². The van der Waals surface area contributed by atoms with Crippen LogP contribution in [-0.4, -0.2) is 35.7 Å². The van der Waals surface area contributed by atoms with Crippen molar-refractivity contribution in [3.63, 3.8) is 0 Å². The van der Waals surface area contributed by atoms with Crippen LogP contribution in [0.25, 0.3) is 0 Å². The number of carboxylic acids is 1. The Morgan fingerprint density at radius 2 is 1.75 bits per heavy atom. The molecule has 7 heteroatoms. The van der Waals surface area contributed by atoms with Crippen molar-refractivity contribution in [2.75, 3.05) is 6.61 Å². The molecule has 0 aliphatic heterocycles. The third-order valence-corrected chi connectivity index (χ3v) is 3.40. The van der Waals surface area contributed by atoms with Crippen LogP contribution in [0.3, 0.4) is 0 Å². The van der Waals surface area contributed by atoms with Gasteiger partial charge in [0.2, 0.25) is 0 Å². The number of nitrogens with two attached hydrogens (primary N) is 1. The number of aliphatic carboxylic acids is 1. The number of rotatable bonds is 10. The smallest absolute Gasteiger partial charge is 0.323 e. The molecule has 24 heavy (non-hydrogen) atoms. The number of carbonyl (C=O) groups excluding carboxylic acids is 2. The van der Waals surface area contributed by atoms with Crippen LogP contribution >= 0.6 is 0 Å². The topological polar surface area (TPSA) is 116 Å². The van der Waals surface area contributed by atoms with Crippen molar-refractivity contribution in [1.29, 1.82) is 0 Å². The van der Waals surface area contributed by atoms with Crippen molar-refractivity contribution >= 4 is 17.9 Å². The highest BCUT2D eigenvalue weighted by Crippen LogP contribution is 2.13. The van der Waals surface area contributed by atoms with E-state index in [9.17, 15) is 14.4 Å². The highest BCUT2D eigenvalue weighted by atomic mass is 16.5. The molecule has 7 nitrogen and oxygen atoms in total. The zero-order valence-corrected chi connectivity index (χ0v) is 13.6. The molecule has 0 heterocycles. The summed E-state index contributed by atoms with van der Waals surface area (Å²) in [5, 5.41) is 9.03. The molecule has 2 unspecified atom stereocenters. The quantitative estimate of drug-likeness (QED) is 0.491. The number of carbonyl (C=O) groups is 3. The Labute approximate surface area is 140 Å². The van der Waals surface area contributed by atoms with E-state index in [1.807, 2.05) is 30.3 Å². The van der Waals surface area contributed by atoms with Crippen molar-refractivity contribution in [3.05, 3.63) is 35.9 Å². The van der Waals surface area contributed by atoms with E-state index in [-0.39, 0.29) is 26.1 Å². The number of esters is 2. The molecule has 0 bridgehead atoms. The first-order chi connectivity index (χ1) is 11.5. The molecule has 0 fully saturated rings. The highest BCUT2D eigenvalue weighted by Gasteiger charge is 2.27. The van der Waals surface area contributed by atoms with Crippen LogP contribution in [0.2, 0.25) is 0 Å². The van der Waals surface area contributed by atoms with E-state index in [1.54, 1.807) is 6.92 Å². The average Bonchev–Trinajstić information content (AvgIpc) is 2.57. The molecule has 0 aromatic heterocycles. The van der Waals surface area contributed by atoms with E-state index in [4.69, 9.17) is 20.3 Å². The normalized spacial score (nSPS) is 12.9. The van der Waals surface area contributed by atoms with Gasteiger partial charge in [-0.1, -0.05) is 30.3 Å². The number of hydrogen-bond donors (Lipinski definition) is 2. The van der Waals surface area contributed by atoms with Crippen LogP contribution in [0.1, 0.15) is 31.7 Å². The van der Waals surface area contributed by atoms with Gasteiger partial charge in [-0.2, -0.15) is 0 Å². The molecule has 2 atom stereocenters. The van der Waals surface area contributed by atoms with Gasteiger partial charge in [0.05, 0.1) is 6.61 Å². The highest BCUT2D eigenvalue weighted by molar-refractivity contribution is 5.93. The number of ether oxygens (including phenoxy) is 2. The molecule has 1 aromatic carbocycles. The van der Waals surface area contributed by atoms with Crippen molar-refractivity contribution in [2.45, 2.75) is 38.8 Å². The van der Waals surface area contributed by atoms with E-state index in [2.05, 4.69) is 0 Å². The lowest BCUT2D eigenvalue weighted by Crippen LogP contribution is -2.33. The van der Waals surface area contributed by atoms with Crippen molar-refractivity contribution in [1.82, 2.24) is 0 Å². The Morgan fingerprint density at radius 1 is 1.08 bits per heavy atom. The van der Waals surface area contributed by atoms with Gasteiger partial charge in [0.1, 0.15) is 12.6 Å². The minimum absolute atomic E-state index is 0.0633. The molecule has 1 aromatic rings. The summed E-state index contributed by atoms with van der Waals surface area (Å²) in [5.41, 5.74) is 6.59. The Bertz CT molecular complexity index is 545. The van der Waals surface area contributed by atoms with Crippen LogP contribution in [-0.2, 0) is 30.5 Å². The fourth-order valence-electron chi connectivity index (χ4n) is 2.08. The second-order valence-corrected chi connectivity index (χ2v) is 5.27. The van der Waals surface area contributed by atoms with Gasteiger partial charge in [-0.15, -0.1) is 0 Å². The van der Waals surface area contributed by atoms with E-state index < -0.39 is 29.9 Å². The summed E-state index contributed by atoms with van der Waals surface area (Å²) in [5.74, 6) is -3.81. The zero-order chi connectivity index (χ0) is 17.9. The zero-order valence-electron chi connectivity index (χ0n) is 13.6. The fraction of sp³-hybridized carbons (Fsp3) is 0.471. The number of hydrogen-bond acceptors (Lipinski definition) is 6. The maximum Gasteiger partial charge on any atom is 0.323 e. The van der Waals surface area contributed by atoms with Crippen LogP contribution in [0.4, 0.5) is 0 Å². The molecule has 0 amide bonds. The molecule has 0 spiro atoms. The van der Waals surface area contributed by atoms with E-state index >= 15 is 0 Å². The molecule has 0 aliphatic rings. The number of carboxylic acid groups (broad SMARTS) is 1. The Balaban J connectivity index is 2.35. The summed E-state index contributed by atoms with van der Waals surface area (Å²) >= 11 is 0. The Hall–Kier alpha value is -2.41. The molecule has 0 radical (unpaired) electrons. The molecular formula is C17H23NO6. The van der Waals surface area contributed by atoms with Crippen LogP contribution in [0.15, 0.2) is 30.3 Å². The summed E-state index contributed by atoms with van der Waals surface area (Å²) in [7, 11) is 0. The first-order valence-corrected chi connectivity index (χ1v) is 7.81. The second-order valence-electron chi connectivity index (χ2n) is 5.27. The van der Waals surface area contributed by atoms with E-state index in [0.29, 0.717) is 6.42 Å². The fourth-order valence-corrected chi connectivity index (χ4v) is 2.08. The molecule has 0 saturated carbocycles. The van der Waals surface area contributed by atoms with Crippen LogP contribution in [0.5, 0.6) is 0 Å². The SMILES string of the molecule is CCOC(=O)C(CCCC(N)C(=O)OCc1ccccc1)C(=O)O. The predicted molar refractivity (Wildman–Crippen MR) is 85.8 cm³/mol. The third kappa shape index (κ3) is 6.78. The van der Waals surface area contributed by atoms with Gasteiger partial charge in [-0.25, -0.2) is 0 Å². The van der Waals surface area contributed by atoms with Gasteiger partial charge < -0.3 is 20.3 Å². The largest absolute Gasteiger partial charge is 0.481 e. The average molecular weight is 337 g/mol. The summed E-state index contributed by atoms with van der Waals surface area (Å²) in [6.07, 6.45) is 0.599. The molecular weight excluding hydrogens is 314 g/mol. The lowest BCUT2D eigenvalue weighted by Gasteiger charge is -2.14. The van der Waals surface area contributed by atoms with E-state index in [1.165, 1.54) is 0 Å². The molecule has 1 rings (SSSR count). The van der Waals surface area contributed by atoms with Gasteiger partial charge in [0.25, 0.3) is 0 Å². The van der Waals surface area contributed by atoms with Crippen LogP contribution in [0, 0.1) is 5.92 Å². The summed E-state index contributed by atoms with van der Waals surface area (Å²) in [6.45, 7) is 1.86. The standard InChI is InChI=1S/C17H23NO6/c1-2-23-16(21)13(15(19)20)9-6-10-14(18)17(22)24-11-12-7-4-3-5-8-12/h3-5,7-8,13-14H,2,6,9-11,18H2,1H3,(H,19,20). The van der Waals surface area contributed by atoms with Crippen molar-refractivity contribution in [3.8, 4) is 0 Å². The summed E-state index contributed by atoms with van der Waals surface area (Å²) in [6, 6.07) is 8.34. The maximum absolute atomic E-state index is 11.8. The minimum Gasteiger partial charge on any atom is -0.481 e. The first kappa shape index (κ1) is 19.6. The lowest BCUT2D eigenvalue weighted by molar-refractivity contribution is -0.158. The maximum atomic E-state index is 11.8. The Morgan fingerprint density at radius 3 is 2.33 bits per heavy atom.